The number of carbonyl (C=O) groups is 2. The Bertz CT molecular complexity index is 887. The maximum absolute atomic E-state index is 13.1. The molecule has 1 saturated carbocycles. The number of benzene rings is 1. The SMILES string of the molecule is C[C@H](OC(=O)c1c2c(nc3ccccc13)CCCC2)C(=O)NC1CCCCC1. The van der Waals surface area contributed by atoms with Gasteiger partial charge in [0.25, 0.3) is 5.91 Å². The molecule has 2 aliphatic carbocycles. The van der Waals surface area contributed by atoms with Gasteiger partial charge in [-0.25, -0.2) is 4.79 Å². The molecule has 1 atom stereocenters. The van der Waals surface area contributed by atoms with Gasteiger partial charge in [-0.3, -0.25) is 9.78 Å². The van der Waals surface area contributed by atoms with Crippen LogP contribution in [0.4, 0.5) is 0 Å². The summed E-state index contributed by atoms with van der Waals surface area (Å²) in [6.45, 7) is 1.66. The normalized spacial score (nSPS) is 18.3. The number of nitrogens with zero attached hydrogens (tertiary/aromatic N) is 1. The highest BCUT2D eigenvalue weighted by Crippen LogP contribution is 2.30. The zero-order chi connectivity index (χ0) is 19.5. The minimum absolute atomic E-state index is 0.201. The Morgan fingerprint density at radius 2 is 1.82 bits per heavy atom. The van der Waals surface area contributed by atoms with Crippen molar-refractivity contribution in [2.45, 2.75) is 76.9 Å². The third-order valence-electron chi connectivity index (χ3n) is 5.98. The number of nitrogens with one attached hydrogen (secondary N) is 1. The van der Waals surface area contributed by atoms with Gasteiger partial charge in [0.05, 0.1) is 11.1 Å². The molecule has 1 amide bonds. The largest absolute Gasteiger partial charge is 0.449 e. The van der Waals surface area contributed by atoms with Crippen LogP contribution in [0.2, 0.25) is 0 Å². The fourth-order valence-electron chi connectivity index (χ4n) is 4.44. The van der Waals surface area contributed by atoms with E-state index < -0.39 is 12.1 Å². The average molecular weight is 380 g/mol. The van der Waals surface area contributed by atoms with Crippen molar-refractivity contribution < 1.29 is 14.3 Å². The fourth-order valence-corrected chi connectivity index (χ4v) is 4.44. The second-order valence-electron chi connectivity index (χ2n) is 8.03. The predicted octanol–water partition coefficient (Wildman–Crippen LogP) is 4.11. The molecule has 1 N–H and O–H groups in total. The molecule has 0 saturated heterocycles. The third-order valence-corrected chi connectivity index (χ3v) is 5.98. The number of aryl methyl sites for hydroxylation is 1. The summed E-state index contributed by atoms with van der Waals surface area (Å²) in [5.74, 6) is -0.615. The van der Waals surface area contributed by atoms with Crippen molar-refractivity contribution in [2.75, 3.05) is 0 Å². The van der Waals surface area contributed by atoms with Crippen LogP contribution in [0.5, 0.6) is 0 Å². The monoisotopic (exact) mass is 380 g/mol. The van der Waals surface area contributed by atoms with Gasteiger partial charge in [-0.2, -0.15) is 0 Å². The maximum Gasteiger partial charge on any atom is 0.339 e. The molecule has 2 aliphatic rings. The number of esters is 1. The molecular formula is C23H28N2O3. The Morgan fingerprint density at radius 1 is 1.07 bits per heavy atom. The van der Waals surface area contributed by atoms with E-state index in [4.69, 9.17) is 9.72 Å². The fraction of sp³-hybridized carbons (Fsp3) is 0.522. The van der Waals surface area contributed by atoms with Gasteiger partial charge in [0.1, 0.15) is 0 Å². The number of rotatable bonds is 4. The number of aromatic nitrogens is 1. The lowest BCUT2D eigenvalue weighted by Crippen LogP contribution is -2.42. The van der Waals surface area contributed by atoms with E-state index in [9.17, 15) is 9.59 Å². The molecule has 5 heteroatoms. The number of fused-ring (bicyclic) bond motifs is 2. The topological polar surface area (TPSA) is 68.3 Å². The maximum atomic E-state index is 13.1. The molecular weight excluding hydrogens is 352 g/mol. The standard InChI is InChI=1S/C23H28N2O3/c1-15(22(26)24-16-9-3-2-4-10-16)28-23(27)21-17-11-5-7-13-19(17)25-20-14-8-6-12-18(20)21/h5,7,11,13,15-16H,2-4,6,8-10,12,14H2,1H3,(H,24,26)/t15-/m0/s1. The number of pyridine rings is 1. The first-order valence-corrected chi connectivity index (χ1v) is 10.6. The van der Waals surface area contributed by atoms with Crippen LogP contribution in [0.15, 0.2) is 24.3 Å². The van der Waals surface area contributed by atoms with E-state index in [2.05, 4.69) is 5.32 Å². The van der Waals surface area contributed by atoms with Crippen LogP contribution in [-0.4, -0.2) is 29.0 Å². The molecule has 1 aromatic heterocycles. The van der Waals surface area contributed by atoms with Crippen LogP contribution in [0.3, 0.4) is 0 Å². The van der Waals surface area contributed by atoms with Crippen LogP contribution in [0, 0.1) is 0 Å². The number of carbonyl (C=O) groups excluding carboxylic acids is 2. The van der Waals surface area contributed by atoms with Gasteiger partial charge in [-0.1, -0.05) is 37.5 Å². The van der Waals surface area contributed by atoms with Crippen LogP contribution < -0.4 is 5.32 Å². The van der Waals surface area contributed by atoms with Crippen molar-refractivity contribution >= 4 is 22.8 Å². The minimum Gasteiger partial charge on any atom is -0.449 e. The summed E-state index contributed by atoms with van der Waals surface area (Å²) in [5, 5.41) is 3.86. The highest BCUT2D eigenvalue weighted by Gasteiger charge is 2.27. The predicted molar refractivity (Wildman–Crippen MR) is 108 cm³/mol. The molecule has 0 aliphatic heterocycles. The molecule has 148 valence electrons. The second kappa shape index (κ2) is 8.29. The van der Waals surface area contributed by atoms with Crippen LogP contribution >= 0.6 is 0 Å². The number of ether oxygens (including phenoxy) is 1. The van der Waals surface area contributed by atoms with Gasteiger partial charge in [-0.15, -0.1) is 0 Å². The van der Waals surface area contributed by atoms with Crippen LogP contribution in [-0.2, 0) is 22.4 Å². The first kappa shape index (κ1) is 18.9. The van der Waals surface area contributed by atoms with Crippen molar-refractivity contribution in [1.29, 1.82) is 0 Å². The summed E-state index contributed by atoms with van der Waals surface area (Å²) in [5.41, 5.74) is 3.40. The van der Waals surface area contributed by atoms with Gasteiger partial charge in [0, 0.05) is 17.1 Å². The number of hydrogen-bond acceptors (Lipinski definition) is 4. The van der Waals surface area contributed by atoms with Gasteiger partial charge in [0.15, 0.2) is 6.10 Å². The van der Waals surface area contributed by atoms with Gasteiger partial charge >= 0.3 is 5.97 Å². The average Bonchev–Trinajstić information content (AvgIpc) is 2.72. The van der Waals surface area contributed by atoms with Gasteiger partial charge in [0.2, 0.25) is 0 Å². The molecule has 1 heterocycles. The number of para-hydroxylation sites is 1. The molecule has 28 heavy (non-hydrogen) atoms. The Morgan fingerprint density at radius 3 is 2.64 bits per heavy atom. The van der Waals surface area contributed by atoms with E-state index in [1.165, 1.54) is 6.42 Å². The summed E-state index contributed by atoms with van der Waals surface area (Å²) in [6.07, 6.45) is 8.60. The first-order chi connectivity index (χ1) is 13.6. The summed E-state index contributed by atoms with van der Waals surface area (Å²) >= 11 is 0. The molecule has 1 fully saturated rings. The molecule has 4 rings (SSSR count). The van der Waals surface area contributed by atoms with Crippen molar-refractivity contribution in [1.82, 2.24) is 10.3 Å². The number of hydrogen-bond donors (Lipinski definition) is 1. The molecule has 2 aromatic rings. The lowest BCUT2D eigenvalue weighted by Gasteiger charge is -2.25. The highest BCUT2D eigenvalue weighted by atomic mass is 16.5. The molecule has 0 bridgehead atoms. The Kier molecular flexibility index (Phi) is 5.60. The van der Waals surface area contributed by atoms with Crippen LogP contribution in [0.1, 0.15) is 73.5 Å². The minimum atomic E-state index is -0.805. The quantitative estimate of drug-likeness (QED) is 0.811. The zero-order valence-electron chi connectivity index (χ0n) is 16.5. The lowest BCUT2D eigenvalue weighted by molar-refractivity contribution is -0.130. The highest BCUT2D eigenvalue weighted by molar-refractivity contribution is 6.05. The molecule has 0 unspecified atom stereocenters. The van der Waals surface area contributed by atoms with Crippen molar-refractivity contribution in [3.8, 4) is 0 Å². The molecule has 5 nitrogen and oxygen atoms in total. The summed E-state index contributed by atoms with van der Waals surface area (Å²) in [6, 6.07) is 7.90. The Hall–Kier alpha value is -2.43. The van der Waals surface area contributed by atoms with Crippen molar-refractivity contribution in [3.05, 3.63) is 41.1 Å². The molecule has 0 radical (unpaired) electrons. The summed E-state index contributed by atoms with van der Waals surface area (Å²) < 4.78 is 5.64. The van der Waals surface area contributed by atoms with Gasteiger partial charge < -0.3 is 10.1 Å². The third kappa shape index (κ3) is 3.89. The van der Waals surface area contributed by atoms with Crippen LogP contribution in [0.25, 0.3) is 10.9 Å². The van der Waals surface area contributed by atoms with Gasteiger partial charge in [-0.05, 0) is 57.1 Å². The lowest BCUT2D eigenvalue weighted by atomic mass is 9.90. The molecule has 0 spiro atoms. The molecule has 1 aromatic carbocycles. The van der Waals surface area contributed by atoms with E-state index in [0.29, 0.717) is 5.56 Å². The van der Waals surface area contributed by atoms with E-state index in [0.717, 1.165) is 73.5 Å². The second-order valence-corrected chi connectivity index (χ2v) is 8.03. The Labute approximate surface area is 165 Å². The smallest absolute Gasteiger partial charge is 0.339 e. The Balaban J connectivity index is 1.55. The van der Waals surface area contributed by atoms with E-state index in [1.54, 1.807) is 6.92 Å². The van der Waals surface area contributed by atoms with E-state index >= 15 is 0 Å². The first-order valence-electron chi connectivity index (χ1n) is 10.6. The summed E-state index contributed by atoms with van der Waals surface area (Å²) in [4.78, 5) is 30.4. The number of amides is 1. The van der Waals surface area contributed by atoms with E-state index in [-0.39, 0.29) is 11.9 Å². The zero-order valence-corrected chi connectivity index (χ0v) is 16.5. The summed E-state index contributed by atoms with van der Waals surface area (Å²) in [7, 11) is 0. The van der Waals surface area contributed by atoms with Crippen molar-refractivity contribution in [2.24, 2.45) is 0 Å². The van der Waals surface area contributed by atoms with E-state index in [1.807, 2.05) is 24.3 Å². The van der Waals surface area contributed by atoms with Crippen molar-refractivity contribution in [3.63, 3.8) is 0 Å².